The Morgan fingerprint density at radius 2 is 1.83 bits per heavy atom. The molecule has 0 unspecified atom stereocenters. The number of anilines is 1. The van der Waals surface area contributed by atoms with Crippen molar-refractivity contribution < 1.29 is 4.79 Å². The third kappa shape index (κ3) is 1.97. The molecule has 1 fully saturated rings. The highest BCUT2D eigenvalue weighted by Gasteiger charge is 2.32. The average Bonchev–Trinajstić information content (AvgIpc) is 2.99. The van der Waals surface area contributed by atoms with Crippen LogP contribution in [0.4, 0.5) is 5.69 Å². The van der Waals surface area contributed by atoms with Gasteiger partial charge in [0.25, 0.3) is 5.91 Å². The summed E-state index contributed by atoms with van der Waals surface area (Å²) in [6.07, 6.45) is 0. The first-order chi connectivity index (χ1) is 8.77. The first-order valence-electron chi connectivity index (χ1n) is 5.72. The van der Waals surface area contributed by atoms with Crippen molar-refractivity contribution in [3.63, 3.8) is 0 Å². The molecule has 0 radical (unpaired) electrons. The van der Waals surface area contributed by atoms with Crippen molar-refractivity contribution >= 4 is 40.8 Å². The monoisotopic (exact) mass is 276 g/mol. The highest BCUT2D eigenvalue weighted by atomic mass is 32.2. The maximum atomic E-state index is 12.4. The lowest BCUT2D eigenvalue weighted by Crippen LogP contribution is -2.21. The number of rotatable bonds is 1. The van der Waals surface area contributed by atoms with Crippen LogP contribution in [0.1, 0.15) is 6.92 Å². The summed E-state index contributed by atoms with van der Waals surface area (Å²) < 4.78 is 1.12. The van der Waals surface area contributed by atoms with Gasteiger partial charge in [-0.15, -0.1) is 23.5 Å². The number of carbonyl (C=O) groups is 1. The zero-order valence-corrected chi connectivity index (χ0v) is 11.6. The number of para-hydroxylation sites is 1. The van der Waals surface area contributed by atoms with E-state index >= 15 is 0 Å². The van der Waals surface area contributed by atoms with E-state index in [9.17, 15) is 4.79 Å². The minimum atomic E-state index is -0.00407. The van der Waals surface area contributed by atoms with Crippen molar-refractivity contribution in [2.45, 2.75) is 6.92 Å². The van der Waals surface area contributed by atoms with Crippen molar-refractivity contribution in [2.24, 2.45) is 5.10 Å². The van der Waals surface area contributed by atoms with Crippen molar-refractivity contribution in [3.8, 4) is 0 Å². The lowest BCUT2D eigenvalue weighted by molar-refractivity contribution is -0.114. The summed E-state index contributed by atoms with van der Waals surface area (Å²) >= 11 is 3.52. The van der Waals surface area contributed by atoms with Crippen LogP contribution < -0.4 is 5.01 Å². The molecule has 2 aliphatic rings. The summed E-state index contributed by atoms with van der Waals surface area (Å²) in [5, 5.41) is 5.88. The predicted molar refractivity (Wildman–Crippen MR) is 79.0 cm³/mol. The number of hydrazone groups is 1. The summed E-state index contributed by atoms with van der Waals surface area (Å²) in [7, 11) is 0. The Labute approximate surface area is 114 Å². The van der Waals surface area contributed by atoms with Gasteiger partial charge in [0.15, 0.2) is 0 Å². The summed E-state index contributed by atoms with van der Waals surface area (Å²) in [5.41, 5.74) is 2.43. The van der Waals surface area contributed by atoms with E-state index in [1.54, 1.807) is 23.5 Å². The van der Waals surface area contributed by atoms with Crippen LogP contribution in [0.3, 0.4) is 0 Å². The molecular formula is C13H12N2OS2. The summed E-state index contributed by atoms with van der Waals surface area (Å²) in [6.45, 7) is 1.91. The van der Waals surface area contributed by atoms with E-state index in [0.717, 1.165) is 32.7 Å². The molecule has 0 saturated carbocycles. The lowest BCUT2D eigenvalue weighted by atomic mass is 10.2. The Morgan fingerprint density at radius 3 is 2.50 bits per heavy atom. The Hall–Kier alpha value is -1.20. The fourth-order valence-electron chi connectivity index (χ4n) is 1.94. The Bertz CT molecular complexity index is 543. The molecule has 3 nitrogen and oxygen atoms in total. The van der Waals surface area contributed by atoms with Crippen LogP contribution in [-0.4, -0.2) is 23.1 Å². The van der Waals surface area contributed by atoms with Crippen molar-refractivity contribution in [1.82, 2.24) is 0 Å². The maximum absolute atomic E-state index is 12.4. The van der Waals surface area contributed by atoms with E-state index in [1.165, 1.54) is 5.01 Å². The molecule has 92 valence electrons. The van der Waals surface area contributed by atoms with Gasteiger partial charge in [-0.05, 0) is 19.1 Å². The minimum absolute atomic E-state index is 0.00407. The number of amides is 1. The largest absolute Gasteiger partial charge is 0.282 e. The van der Waals surface area contributed by atoms with E-state index in [0.29, 0.717) is 0 Å². The molecule has 1 aromatic rings. The quantitative estimate of drug-likeness (QED) is 0.739. The highest BCUT2D eigenvalue weighted by molar-refractivity contribution is 8.25. The molecule has 3 rings (SSSR count). The number of thioether (sulfide) groups is 2. The summed E-state index contributed by atoms with van der Waals surface area (Å²) in [4.78, 5) is 12.4. The third-order valence-electron chi connectivity index (χ3n) is 2.77. The normalized spacial score (nSPS) is 19.7. The van der Waals surface area contributed by atoms with Crippen LogP contribution in [0.25, 0.3) is 0 Å². The van der Waals surface area contributed by atoms with E-state index in [-0.39, 0.29) is 5.91 Å². The number of benzene rings is 1. The first kappa shape index (κ1) is 11.9. The first-order valence-corrected chi connectivity index (χ1v) is 7.69. The summed E-state index contributed by atoms with van der Waals surface area (Å²) in [6, 6.07) is 9.56. The van der Waals surface area contributed by atoms with Gasteiger partial charge in [0.05, 0.1) is 21.2 Å². The molecule has 18 heavy (non-hydrogen) atoms. The molecule has 0 spiro atoms. The van der Waals surface area contributed by atoms with Gasteiger partial charge in [-0.25, -0.2) is 0 Å². The topological polar surface area (TPSA) is 32.7 Å². The van der Waals surface area contributed by atoms with Gasteiger partial charge < -0.3 is 0 Å². The molecule has 5 heteroatoms. The predicted octanol–water partition coefficient (Wildman–Crippen LogP) is 3.10. The highest BCUT2D eigenvalue weighted by Crippen LogP contribution is 2.41. The van der Waals surface area contributed by atoms with Gasteiger partial charge in [-0.3, -0.25) is 4.79 Å². The van der Waals surface area contributed by atoms with E-state index in [2.05, 4.69) is 5.10 Å². The molecule has 1 amide bonds. The maximum Gasteiger partial charge on any atom is 0.282 e. The van der Waals surface area contributed by atoms with Gasteiger partial charge in [-0.1, -0.05) is 18.2 Å². The van der Waals surface area contributed by atoms with Crippen molar-refractivity contribution in [3.05, 3.63) is 40.1 Å². The number of nitrogens with zero attached hydrogens (tertiary/aromatic N) is 2. The molecule has 0 N–H and O–H groups in total. The molecule has 0 bridgehead atoms. The molecule has 0 aliphatic carbocycles. The van der Waals surface area contributed by atoms with Crippen LogP contribution in [0.15, 0.2) is 45.2 Å². The van der Waals surface area contributed by atoms with Gasteiger partial charge in [0, 0.05) is 11.5 Å². The number of hydrogen-bond acceptors (Lipinski definition) is 4. The Balaban J connectivity index is 1.99. The van der Waals surface area contributed by atoms with E-state index in [4.69, 9.17) is 0 Å². The fourth-order valence-corrected chi connectivity index (χ4v) is 4.57. The minimum Gasteiger partial charge on any atom is -0.267 e. The average molecular weight is 276 g/mol. The van der Waals surface area contributed by atoms with Crippen molar-refractivity contribution in [2.75, 3.05) is 16.5 Å². The number of carbonyl (C=O) groups excluding carboxylic acids is 1. The second-order valence-corrected chi connectivity index (χ2v) is 6.47. The van der Waals surface area contributed by atoms with Crippen molar-refractivity contribution in [1.29, 1.82) is 0 Å². The molecule has 2 heterocycles. The standard InChI is InChI=1S/C13H12N2OS2/c1-9-11(13-17-7-8-18-13)12(16)15(14-9)10-5-3-2-4-6-10/h2-6H,7-8H2,1H3. The molecule has 0 atom stereocenters. The van der Waals surface area contributed by atoms with E-state index < -0.39 is 0 Å². The third-order valence-corrected chi connectivity index (χ3v) is 5.49. The van der Waals surface area contributed by atoms with Gasteiger partial charge in [0.1, 0.15) is 0 Å². The second-order valence-electron chi connectivity index (χ2n) is 4.00. The lowest BCUT2D eigenvalue weighted by Gasteiger charge is -2.11. The molecule has 1 saturated heterocycles. The fraction of sp³-hybridized carbons (Fsp3) is 0.231. The summed E-state index contributed by atoms with van der Waals surface area (Å²) in [5.74, 6) is 2.15. The molecule has 2 aliphatic heterocycles. The molecular weight excluding hydrogens is 264 g/mol. The van der Waals surface area contributed by atoms with Crippen LogP contribution in [0, 0.1) is 0 Å². The van der Waals surface area contributed by atoms with E-state index in [1.807, 2.05) is 37.3 Å². The zero-order chi connectivity index (χ0) is 12.5. The van der Waals surface area contributed by atoms with Crippen LogP contribution in [0.5, 0.6) is 0 Å². The van der Waals surface area contributed by atoms with Gasteiger partial charge >= 0.3 is 0 Å². The van der Waals surface area contributed by atoms with Crippen LogP contribution in [-0.2, 0) is 4.79 Å². The zero-order valence-electron chi connectivity index (χ0n) is 9.92. The van der Waals surface area contributed by atoms with Gasteiger partial charge in [0.2, 0.25) is 0 Å². The smallest absolute Gasteiger partial charge is 0.267 e. The Kier molecular flexibility index (Phi) is 3.18. The number of hydrogen-bond donors (Lipinski definition) is 0. The van der Waals surface area contributed by atoms with Crippen LogP contribution in [0.2, 0.25) is 0 Å². The second kappa shape index (κ2) is 4.82. The molecule has 1 aromatic carbocycles. The Morgan fingerprint density at radius 1 is 1.17 bits per heavy atom. The molecule has 0 aromatic heterocycles. The SMILES string of the molecule is CC1=NN(c2ccccc2)C(=O)C1=C1SCCS1. The van der Waals surface area contributed by atoms with Crippen LogP contribution >= 0.6 is 23.5 Å². The van der Waals surface area contributed by atoms with Gasteiger partial charge in [-0.2, -0.15) is 10.1 Å².